The fraction of sp³-hybridized carbons (Fsp3) is 0.294. The lowest BCUT2D eigenvalue weighted by Gasteiger charge is -2.16. The van der Waals surface area contributed by atoms with Gasteiger partial charge in [-0.15, -0.1) is 11.8 Å². The van der Waals surface area contributed by atoms with Crippen molar-refractivity contribution in [2.75, 3.05) is 0 Å². The lowest BCUT2D eigenvalue weighted by atomic mass is 10.2. The number of benzene rings is 1. The van der Waals surface area contributed by atoms with E-state index >= 15 is 0 Å². The van der Waals surface area contributed by atoms with Crippen molar-refractivity contribution in [3.63, 3.8) is 0 Å². The van der Waals surface area contributed by atoms with E-state index in [1.165, 1.54) is 6.92 Å². The number of nitriles is 1. The molecule has 11 heteroatoms. The van der Waals surface area contributed by atoms with Crippen LogP contribution in [-0.2, 0) is 18.0 Å². The van der Waals surface area contributed by atoms with Crippen LogP contribution in [0.15, 0.2) is 32.7 Å². The minimum Gasteiger partial charge on any atom is -0.299 e. The lowest BCUT2D eigenvalue weighted by molar-refractivity contribution is -0.144. The Morgan fingerprint density at radius 1 is 1.25 bits per heavy atom. The summed E-state index contributed by atoms with van der Waals surface area (Å²) in [4.78, 5) is 36.1. The molecule has 0 aliphatic carbocycles. The van der Waals surface area contributed by atoms with Crippen LogP contribution in [0.5, 0.6) is 0 Å². The maximum atomic E-state index is 14.5. The summed E-state index contributed by atoms with van der Waals surface area (Å²) in [6.45, 7) is 2.85. The van der Waals surface area contributed by atoms with Crippen LogP contribution >= 0.6 is 11.8 Å². The van der Waals surface area contributed by atoms with Crippen LogP contribution in [0.3, 0.4) is 0 Å². The van der Waals surface area contributed by atoms with Gasteiger partial charge in [0.05, 0.1) is 16.5 Å². The first-order valence-corrected chi connectivity index (χ1v) is 8.57. The monoisotopic (exact) mass is 415 g/mol. The van der Waals surface area contributed by atoms with E-state index in [1.54, 1.807) is 13.0 Å². The van der Waals surface area contributed by atoms with Gasteiger partial charge in [-0.2, -0.15) is 18.4 Å². The molecular formula is C17H13F4N3O3S. The second-order valence-corrected chi connectivity index (χ2v) is 7.21. The fourth-order valence-electron chi connectivity index (χ4n) is 2.29. The van der Waals surface area contributed by atoms with Crippen LogP contribution in [0.25, 0.3) is 5.69 Å². The van der Waals surface area contributed by atoms with E-state index in [9.17, 15) is 31.9 Å². The second-order valence-electron chi connectivity index (χ2n) is 5.82. The van der Waals surface area contributed by atoms with E-state index in [4.69, 9.17) is 5.26 Å². The number of alkyl halides is 3. The lowest BCUT2D eigenvalue weighted by Crippen LogP contribution is -2.41. The fourth-order valence-corrected chi connectivity index (χ4v) is 3.25. The van der Waals surface area contributed by atoms with E-state index in [2.05, 4.69) is 0 Å². The van der Waals surface area contributed by atoms with Gasteiger partial charge in [0.2, 0.25) is 0 Å². The number of hydrogen-bond acceptors (Lipinski definition) is 5. The summed E-state index contributed by atoms with van der Waals surface area (Å²) in [6.07, 6.45) is -4.95. The number of carbonyl (C=O) groups excluding carboxylic acids is 1. The van der Waals surface area contributed by atoms with E-state index in [-0.39, 0.29) is 31.4 Å². The number of rotatable bonds is 4. The summed E-state index contributed by atoms with van der Waals surface area (Å²) in [5, 5.41) is 8.55. The van der Waals surface area contributed by atoms with Gasteiger partial charge >= 0.3 is 11.9 Å². The number of thioether (sulfide) groups is 1. The average Bonchev–Trinajstić information content (AvgIpc) is 2.59. The summed E-state index contributed by atoms with van der Waals surface area (Å²) in [6, 6.07) is 3.67. The Kier molecular flexibility index (Phi) is 5.84. The number of nitrogens with zero attached hydrogens (tertiary/aromatic N) is 3. The first-order chi connectivity index (χ1) is 12.9. The third kappa shape index (κ3) is 4.01. The van der Waals surface area contributed by atoms with Crippen molar-refractivity contribution < 1.29 is 22.4 Å². The van der Waals surface area contributed by atoms with Crippen molar-refractivity contribution >= 4 is 17.5 Å². The van der Waals surface area contributed by atoms with Gasteiger partial charge in [0.15, 0.2) is 0 Å². The molecule has 28 heavy (non-hydrogen) atoms. The zero-order valence-electron chi connectivity index (χ0n) is 14.8. The van der Waals surface area contributed by atoms with Crippen molar-refractivity contribution in [3.8, 4) is 11.8 Å². The van der Waals surface area contributed by atoms with E-state index in [1.807, 2.05) is 0 Å². The summed E-state index contributed by atoms with van der Waals surface area (Å²) < 4.78 is 53.7. The van der Waals surface area contributed by atoms with Gasteiger partial charge in [-0.05, 0) is 26.0 Å². The largest absolute Gasteiger partial charge is 0.431 e. The Bertz CT molecular complexity index is 1110. The smallest absolute Gasteiger partial charge is 0.299 e. The summed E-state index contributed by atoms with van der Waals surface area (Å²) in [5.74, 6) is -1.38. The number of hydrogen-bond donors (Lipinski definition) is 0. The van der Waals surface area contributed by atoms with Gasteiger partial charge < -0.3 is 0 Å². The second kappa shape index (κ2) is 7.63. The number of Topliss-reactive ketones (excluding diaryl/α,β-unsaturated/α-hetero) is 1. The third-order valence-corrected chi connectivity index (χ3v) is 5.17. The normalized spacial score (nSPS) is 12.5. The molecule has 1 heterocycles. The van der Waals surface area contributed by atoms with E-state index in [0.717, 1.165) is 30.9 Å². The number of halogens is 4. The van der Waals surface area contributed by atoms with Crippen LogP contribution in [0, 0.1) is 17.1 Å². The van der Waals surface area contributed by atoms with Gasteiger partial charge in [0.25, 0.3) is 5.56 Å². The molecule has 0 aliphatic rings. The predicted octanol–water partition coefficient (Wildman–Crippen LogP) is 2.64. The minimum absolute atomic E-state index is 0.107. The molecule has 1 aromatic carbocycles. The van der Waals surface area contributed by atoms with Crippen LogP contribution in [0.2, 0.25) is 0 Å². The highest BCUT2D eigenvalue weighted by Gasteiger charge is 2.35. The standard InChI is InChI=1S/C17H13F4N3O3S/c1-8(25)9(2)28-13-5-12(11(18)4-10(13)7-22)24-15(26)6-14(17(19,20)21)23(3)16(24)27/h4-6,9H,1-3H3. The Morgan fingerprint density at radius 2 is 1.86 bits per heavy atom. The first kappa shape index (κ1) is 21.4. The van der Waals surface area contributed by atoms with Gasteiger partial charge in [-0.3, -0.25) is 14.2 Å². The molecule has 0 saturated heterocycles. The molecule has 0 N–H and O–H groups in total. The molecule has 1 aromatic heterocycles. The minimum atomic E-state index is -4.95. The molecular weight excluding hydrogens is 402 g/mol. The highest BCUT2D eigenvalue weighted by molar-refractivity contribution is 8.00. The third-order valence-electron chi connectivity index (χ3n) is 3.90. The average molecular weight is 415 g/mol. The first-order valence-electron chi connectivity index (χ1n) is 7.70. The van der Waals surface area contributed by atoms with Crippen LogP contribution in [-0.4, -0.2) is 20.2 Å². The maximum absolute atomic E-state index is 14.5. The Hall–Kier alpha value is -2.87. The van der Waals surface area contributed by atoms with Gasteiger partial charge in [-0.25, -0.2) is 13.8 Å². The van der Waals surface area contributed by atoms with E-state index < -0.39 is 39.9 Å². The summed E-state index contributed by atoms with van der Waals surface area (Å²) in [7, 11) is 0.802. The molecule has 2 aromatic rings. The molecule has 2 rings (SSSR count). The molecule has 6 nitrogen and oxygen atoms in total. The Labute approximate surface area is 160 Å². The van der Waals surface area contributed by atoms with Gasteiger partial charge in [0.1, 0.15) is 23.4 Å². The highest BCUT2D eigenvalue weighted by atomic mass is 32.2. The van der Waals surface area contributed by atoms with Crippen LogP contribution in [0.1, 0.15) is 25.1 Å². The van der Waals surface area contributed by atoms with Gasteiger partial charge in [0, 0.05) is 18.0 Å². The summed E-state index contributed by atoms with van der Waals surface area (Å²) in [5.41, 5.74) is -5.02. The van der Waals surface area contributed by atoms with Crippen molar-refractivity contribution in [3.05, 3.63) is 56.1 Å². The molecule has 0 amide bonds. The molecule has 0 spiro atoms. The quantitative estimate of drug-likeness (QED) is 0.566. The SMILES string of the molecule is CC(=O)C(C)Sc1cc(-n2c(=O)cc(C(F)(F)F)n(C)c2=O)c(F)cc1C#N. The molecule has 1 unspecified atom stereocenters. The van der Waals surface area contributed by atoms with Crippen molar-refractivity contribution in [1.82, 2.24) is 9.13 Å². The number of carbonyl (C=O) groups is 1. The molecule has 0 bridgehead atoms. The Morgan fingerprint density at radius 3 is 2.36 bits per heavy atom. The molecule has 0 fully saturated rings. The van der Waals surface area contributed by atoms with Gasteiger partial charge in [-0.1, -0.05) is 0 Å². The number of ketones is 1. The Balaban J connectivity index is 2.78. The molecule has 1 atom stereocenters. The zero-order valence-corrected chi connectivity index (χ0v) is 15.6. The maximum Gasteiger partial charge on any atom is 0.431 e. The molecule has 0 saturated carbocycles. The zero-order chi connectivity index (χ0) is 21.4. The molecule has 148 valence electrons. The molecule has 0 radical (unpaired) electrons. The topological polar surface area (TPSA) is 84.9 Å². The predicted molar refractivity (Wildman–Crippen MR) is 93.0 cm³/mol. The molecule has 0 aliphatic heterocycles. The number of aromatic nitrogens is 2. The van der Waals surface area contributed by atoms with Crippen LogP contribution in [0.4, 0.5) is 17.6 Å². The van der Waals surface area contributed by atoms with Crippen LogP contribution < -0.4 is 11.2 Å². The van der Waals surface area contributed by atoms with Crippen molar-refractivity contribution in [2.45, 2.75) is 30.2 Å². The summed E-state index contributed by atoms with van der Waals surface area (Å²) >= 11 is 0.901. The van der Waals surface area contributed by atoms with E-state index in [0.29, 0.717) is 0 Å². The van der Waals surface area contributed by atoms with Crippen molar-refractivity contribution in [1.29, 1.82) is 5.26 Å². The highest BCUT2D eigenvalue weighted by Crippen LogP contribution is 2.31. The van der Waals surface area contributed by atoms with Crippen molar-refractivity contribution in [2.24, 2.45) is 7.05 Å².